The number of allylic oxidation sites excluding steroid dienone is 2. The molecule has 0 saturated heterocycles. The minimum Gasteiger partial charge on any atom is -0.467 e. The van der Waals surface area contributed by atoms with E-state index in [0.717, 1.165) is 0 Å². The highest BCUT2D eigenvalue weighted by molar-refractivity contribution is 9.12. The molecule has 0 radical (unpaired) electrons. The summed E-state index contributed by atoms with van der Waals surface area (Å²) in [6.07, 6.45) is 2.30. The highest BCUT2D eigenvalue weighted by Crippen LogP contribution is 2.30. The molecule has 0 heterocycles. The van der Waals surface area contributed by atoms with Gasteiger partial charge < -0.3 is 20.1 Å². The molecule has 27 heavy (non-hydrogen) atoms. The Kier molecular flexibility index (Phi) is 9.54. The first kappa shape index (κ1) is 23.7. The first-order chi connectivity index (χ1) is 12.7. The van der Waals surface area contributed by atoms with Crippen molar-refractivity contribution in [1.82, 2.24) is 10.6 Å². The highest BCUT2D eigenvalue weighted by Gasteiger charge is 2.36. The molecule has 150 valence electrons. The monoisotopic (exact) mass is 526 g/mol. The van der Waals surface area contributed by atoms with Crippen LogP contribution in [0.3, 0.4) is 0 Å². The van der Waals surface area contributed by atoms with Crippen LogP contribution < -0.4 is 10.6 Å². The highest BCUT2D eigenvalue weighted by atomic mass is 79.9. The van der Waals surface area contributed by atoms with Gasteiger partial charge in [-0.15, -0.1) is 0 Å². The van der Waals surface area contributed by atoms with Gasteiger partial charge in [-0.25, -0.2) is 9.59 Å². The van der Waals surface area contributed by atoms with Crippen molar-refractivity contribution >= 4 is 67.1 Å². The Balaban J connectivity index is 3.12. The molecule has 0 aromatic heterocycles. The molecule has 11 heteroatoms. The number of esters is 2. The summed E-state index contributed by atoms with van der Waals surface area (Å²) in [4.78, 5) is 48.9. The van der Waals surface area contributed by atoms with Crippen molar-refractivity contribution in [2.75, 3.05) is 26.2 Å². The molecule has 2 atom stereocenters. The van der Waals surface area contributed by atoms with Crippen LogP contribution in [0, 0.1) is 0 Å². The topological polar surface area (TPSA) is 111 Å². The molecule has 2 N–H and O–H groups in total. The van der Waals surface area contributed by atoms with E-state index >= 15 is 0 Å². The molecule has 0 saturated carbocycles. The second-order valence-corrected chi connectivity index (χ2v) is 8.00. The smallest absolute Gasteiger partial charge is 0.328 e. The maximum atomic E-state index is 12.7. The summed E-state index contributed by atoms with van der Waals surface area (Å²) in [6, 6.07) is -1.63. The Labute approximate surface area is 178 Å². The third-order valence-corrected chi connectivity index (χ3v) is 5.78. The molecule has 0 spiro atoms. The molecule has 0 aromatic rings. The van der Waals surface area contributed by atoms with Crippen LogP contribution in [0.2, 0.25) is 0 Å². The average molecular weight is 528 g/mol. The molecule has 0 unspecified atom stereocenters. The second kappa shape index (κ2) is 10.9. The van der Waals surface area contributed by atoms with Gasteiger partial charge >= 0.3 is 11.9 Å². The van der Waals surface area contributed by atoms with Crippen LogP contribution in [-0.2, 0) is 28.7 Å². The normalized spacial score (nSPS) is 16.8. The molecule has 0 amide bonds. The number of rotatable bonds is 9. The zero-order chi connectivity index (χ0) is 20.7. The Morgan fingerprint density at radius 3 is 1.93 bits per heavy atom. The standard InChI is InChI=1S/C16H20Br2N2O6S/c1-7(15(23)25-2)19-11-9(17)14(22)12(10(18)13(11)21)20-8(5-6-27-4)16(24)26-3/h7-8,19-20H,5-6H2,1-4H3/t7-,8-/m0/s1. The Bertz CT molecular complexity index is 707. The number of carbonyl (C=O) groups excluding carboxylic acids is 4. The van der Waals surface area contributed by atoms with Gasteiger partial charge in [0.2, 0.25) is 11.6 Å². The molecule has 1 aliphatic rings. The van der Waals surface area contributed by atoms with Gasteiger partial charge in [-0.3, -0.25) is 9.59 Å². The fraction of sp³-hybridized carbons (Fsp3) is 0.500. The van der Waals surface area contributed by atoms with Crippen molar-refractivity contribution in [2.45, 2.75) is 25.4 Å². The first-order valence-electron chi connectivity index (χ1n) is 7.76. The molecule has 1 rings (SSSR count). The lowest BCUT2D eigenvalue weighted by Gasteiger charge is -2.25. The van der Waals surface area contributed by atoms with E-state index in [2.05, 4.69) is 47.2 Å². The summed E-state index contributed by atoms with van der Waals surface area (Å²) in [5, 5.41) is 5.47. The lowest BCUT2D eigenvalue weighted by molar-refractivity contribution is -0.143. The van der Waals surface area contributed by atoms with Gasteiger partial charge in [0.1, 0.15) is 23.5 Å². The summed E-state index contributed by atoms with van der Waals surface area (Å²) >= 11 is 7.76. The van der Waals surface area contributed by atoms with Gasteiger partial charge in [0, 0.05) is 0 Å². The van der Waals surface area contributed by atoms with E-state index in [1.165, 1.54) is 32.9 Å². The summed E-state index contributed by atoms with van der Waals surface area (Å²) in [6.45, 7) is 1.50. The van der Waals surface area contributed by atoms with Gasteiger partial charge in [0.25, 0.3) is 0 Å². The fourth-order valence-electron chi connectivity index (χ4n) is 2.16. The molecule has 0 aromatic carbocycles. The van der Waals surface area contributed by atoms with E-state index in [4.69, 9.17) is 4.74 Å². The number of ether oxygens (including phenoxy) is 2. The van der Waals surface area contributed by atoms with Gasteiger partial charge in [0.05, 0.1) is 23.2 Å². The van der Waals surface area contributed by atoms with Crippen molar-refractivity contribution < 1.29 is 28.7 Å². The lowest BCUT2D eigenvalue weighted by atomic mass is 10.0. The van der Waals surface area contributed by atoms with E-state index < -0.39 is 35.6 Å². The van der Waals surface area contributed by atoms with Gasteiger partial charge in [-0.2, -0.15) is 11.8 Å². The zero-order valence-corrected chi connectivity index (χ0v) is 19.2. The molecule has 0 aliphatic heterocycles. The minimum absolute atomic E-state index is 0.0479. The predicted octanol–water partition coefficient (Wildman–Crippen LogP) is 1.39. The number of Topliss-reactive ketones (excluding diaryl/α,β-unsaturated/α-hetero) is 2. The van der Waals surface area contributed by atoms with Crippen LogP contribution in [0.25, 0.3) is 0 Å². The van der Waals surface area contributed by atoms with Gasteiger partial charge in [0.15, 0.2) is 0 Å². The van der Waals surface area contributed by atoms with E-state index in [1.807, 2.05) is 6.26 Å². The first-order valence-corrected chi connectivity index (χ1v) is 10.7. The van der Waals surface area contributed by atoms with Crippen molar-refractivity contribution in [3.05, 3.63) is 20.4 Å². The van der Waals surface area contributed by atoms with E-state index in [1.54, 1.807) is 0 Å². The SMILES string of the molecule is COC(=O)[C@H](C)NC1=C(Br)C(=O)C(N[C@@H](CCSC)C(=O)OC)=C(Br)C1=O. The Morgan fingerprint density at radius 1 is 1.00 bits per heavy atom. The average Bonchev–Trinajstić information content (AvgIpc) is 2.67. The number of hydrogen-bond acceptors (Lipinski definition) is 9. The van der Waals surface area contributed by atoms with Crippen molar-refractivity contribution in [1.29, 1.82) is 0 Å². The Morgan fingerprint density at radius 2 is 1.48 bits per heavy atom. The van der Waals surface area contributed by atoms with Crippen LogP contribution >= 0.6 is 43.6 Å². The molecule has 8 nitrogen and oxygen atoms in total. The largest absolute Gasteiger partial charge is 0.467 e. The third kappa shape index (κ3) is 5.82. The van der Waals surface area contributed by atoms with Gasteiger partial charge in [-0.05, 0) is 57.2 Å². The quantitative estimate of drug-likeness (QED) is 0.339. The number of ketones is 2. The van der Waals surface area contributed by atoms with Crippen molar-refractivity contribution in [2.24, 2.45) is 0 Å². The van der Waals surface area contributed by atoms with Crippen LogP contribution in [0.1, 0.15) is 13.3 Å². The number of hydrogen-bond donors (Lipinski definition) is 2. The van der Waals surface area contributed by atoms with Crippen LogP contribution in [0.4, 0.5) is 0 Å². The summed E-state index contributed by atoms with van der Waals surface area (Å²) < 4.78 is 9.26. The molecular formula is C16H20Br2N2O6S. The van der Waals surface area contributed by atoms with Crippen molar-refractivity contribution in [3.63, 3.8) is 0 Å². The number of carbonyl (C=O) groups is 4. The Hall–Kier alpha value is -1.33. The molecule has 0 fully saturated rings. The minimum atomic E-state index is -0.839. The number of halogens is 2. The number of nitrogens with one attached hydrogen (secondary N) is 2. The maximum Gasteiger partial charge on any atom is 0.328 e. The summed E-state index contributed by atoms with van der Waals surface area (Å²) in [5.74, 6) is -1.57. The third-order valence-electron chi connectivity index (χ3n) is 3.62. The van der Waals surface area contributed by atoms with Gasteiger partial charge in [-0.1, -0.05) is 0 Å². The number of thioether (sulfide) groups is 1. The molecular weight excluding hydrogens is 508 g/mol. The second-order valence-electron chi connectivity index (χ2n) is 5.43. The maximum absolute atomic E-state index is 12.7. The van der Waals surface area contributed by atoms with Crippen molar-refractivity contribution in [3.8, 4) is 0 Å². The van der Waals surface area contributed by atoms with Crippen LogP contribution in [0.5, 0.6) is 0 Å². The van der Waals surface area contributed by atoms with E-state index in [9.17, 15) is 19.2 Å². The number of methoxy groups -OCH3 is 2. The predicted molar refractivity (Wildman–Crippen MR) is 108 cm³/mol. The van der Waals surface area contributed by atoms with Crippen LogP contribution in [0.15, 0.2) is 20.4 Å². The summed E-state index contributed by atoms with van der Waals surface area (Å²) in [7, 11) is 2.47. The van der Waals surface area contributed by atoms with E-state index in [-0.39, 0.29) is 20.4 Å². The van der Waals surface area contributed by atoms with E-state index in [0.29, 0.717) is 12.2 Å². The lowest BCUT2D eigenvalue weighted by Crippen LogP contribution is -2.44. The zero-order valence-electron chi connectivity index (χ0n) is 15.2. The van der Waals surface area contributed by atoms with Crippen LogP contribution in [-0.4, -0.2) is 61.8 Å². The fourth-order valence-corrected chi connectivity index (χ4v) is 3.61. The summed E-state index contributed by atoms with van der Waals surface area (Å²) in [5.41, 5.74) is -0.131. The molecule has 1 aliphatic carbocycles. The molecule has 0 bridgehead atoms.